The highest BCUT2D eigenvalue weighted by atomic mass is 16.6. The van der Waals surface area contributed by atoms with E-state index in [1.807, 2.05) is 0 Å². The second-order valence-electron chi connectivity index (χ2n) is 2.91. The van der Waals surface area contributed by atoms with Crippen molar-refractivity contribution in [2.24, 2.45) is 5.73 Å². The number of nitrogens with two attached hydrogens (primary N) is 1. The fourth-order valence-corrected chi connectivity index (χ4v) is 1.02. The maximum atomic E-state index is 11.3. The first kappa shape index (κ1) is 11.2. The lowest BCUT2D eigenvalue weighted by atomic mass is 10.4. The van der Waals surface area contributed by atoms with Crippen molar-refractivity contribution in [3.05, 3.63) is 27.9 Å². The SMILES string of the molecule is NCCCNC(=O)c1ccc([N+](=O)[O-])[nH]1. The van der Waals surface area contributed by atoms with Gasteiger partial charge in [-0.15, -0.1) is 0 Å². The predicted octanol–water partition coefficient (Wildman–Crippen LogP) is 0.00150. The average Bonchev–Trinajstić information content (AvgIpc) is 2.66. The van der Waals surface area contributed by atoms with Crippen LogP contribution in [0.4, 0.5) is 5.82 Å². The summed E-state index contributed by atoms with van der Waals surface area (Å²) in [5.74, 6) is -0.560. The Hall–Kier alpha value is -1.89. The Balaban J connectivity index is 2.54. The number of carbonyl (C=O) groups is 1. The van der Waals surface area contributed by atoms with Crippen molar-refractivity contribution in [3.63, 3.8) is 0 Å². The van der Waals surface area contributed by atoms with Crippen LogP contribution in [0.5, 0.6) is 0 Å². The first-order chi connectivity index (χ1) is 7.15. The van der Waals surface area contributed by atoms with Gasteiger partial charge < -0.3 is 21.2 Å². The molecule has 0 aliphatic rings. The lowest BCUT2D eigenvalue weighted by molar-refractivity contribution is -0.389. The molecule has 0 radical (unpaired) electrons. The maximum Gasteiger partial charge on any atom is 0.321 e. The van der Waals surface area contributed by atoms with Crippen LogP contribution >= 0.6 is 0 Å². The summed E-state index contributed by atoms with van der Waals surface area (Å²) in [6.07, 6.45) is 0.675. The Labute approximate surface area is 85.8 Å². The molecule has 0 aromatic carbocycles. The lowest BCUT2D eigenvalue weighted by Gasteiger charge is -1.99. The minimum absolute atomic E-state index is 0.179. The van der Waals surface area contributed by atoms with E-state index < -0.39 is 4.92 Å². The van der Waals surface area contributed by atoms with Gasteiger partial charge in [0, 0.05) is 12.6 Å². The van der Waals surface area contributed by atoms with Crippen molar-refractivity contribution < 1.29 is 9.72 Å². The van der Waals surface area contributed by atoms with Crippen LogP contribution in [-0.4, -0.2) is 28.9 Å². The van der Waals surface area contributed by atoms with E-state index in [0.717, 1.165) is 0 Å². The number of nitrogens with one attached hydrogen (secondary N) is 2. The fourth-order valence-electron chi connectivity index (χ4n) is 1.02. The molecule has 1 heterocycles. The first-order valence-electron chi connectivity index (χ1n) is 4.47. The Morgan fingerprint density at radius 3 is 2.87 bits per heavy atom. The number of hydrogen-bond donors (Lipinski definition) is 3. The van der Waals surface area contributed by atoms with E-state index >= 15 is 0 Å². The molecule has 1 aromatic rings. The van der Waals surface area contributed by atoms with E-state index in [-0.39, 0.29) is 17.4 Å². The summed E-state index contributed by atoms with van der Waals surface area (Å²) >= 11 is 0. The zero-order valence-corrected chi connectivity index (χ0v) is 8.03. The number of H-pyrrole nitrogens is 1. The van der Waals surface area contributed by atoms with Gasteiger partial charge in [0.1, 0.15) is 0 Å². The summed E-state index contributed by atoms with van der Waals surface area (Å²) in [5, 5.41) is 12.9. The standard InChI is InChI=1S/C8H12N4O3/c9-4-1-5-10-8(13)6-2-3-7(11-6)12(14)15/h2-3,11H,1,4-5,9H2,(H,10,13). The summed E-state index contributed by atoms with van der Waals surface area (Å²) in [5.41, 5.74) is 5.43. The van der Waals surface area contributed by atoms with E-state index in [1.54, 1.807) is 0 Å². The highest BCUT2D eigenvalue weighted by molar-refractivity contribution is 5.92. The minimum atomic E-state index is -0.587. The molecule has 0 saturated carbocycles. The molecule has 7 nitrogen and oxygen atoms in total. The fraction of sp³-hybridized carbons (Fsp3) is 0.375. The van der Waals surface area contributed by atoms with Gasteiger partial charge >= 0.3 is 5.82 Å². The highest BCUT2D eigenvalue weighted by Gasteiger charge is 2.14. The summed E-state index contributed by atoms with van der Waals surface area (Å²) in [4.78, 5) is 23.5. The normalized spacial score (nSPS) is 9.93. The van der Waals surface area contributed by atoms with Gasteiger partial charge in [0.15, 0.2) is 5.69 Å². The van der Waals surface area contributed by atoms with Crippen molar-refractivity contribution in [2.45, 2.75) is 6.42 Å². The second kappa shape index (κ2) is 5.11. The molecule has 1 rings (SSSR count). The number of carbonyl (C=O) groups excluding carboxylic acids is 1. The molecule has 0 fully saturated rings. The number of nitrogens with zero attached hydrogens (tertiary/aromatic N) is 1. The van der Waals surface area contributed by atoms with Crippen molar-refractivity contribution in [2.75, 3.05) is 13.1 Å². The number of aromatic amines is 1. The van der Waals surface area contributed by atoms with E-state index in [4.69, 9.17) is 5.73 Å². The molecule has 0 aliphatic heterocycles. The van der Waals surface area contributed by atoms with Gasteiger partial charge in [0.2, 0.25) is 0 Å². The minimum Gasteiger partial charge on any atom is -0.358 e. The number of hydrogen-bond acceptors (Lipinski definition) is 4. The third-order valence-electron chi connectivity index (χ3n) is 1.78. The van der Waals surface area contributed by atoms with Crippen molar-refractivity contribution in [1.29, 1.82) is 0 Å². The van der Waals surface area contributed by atoms with Gasteiger partial charge in [0.25, 0.3) is 5.91 Å². The van der Waals surface area contributed by atoms with Crippen LogP contribution in [0.3, 0.4) is 0 Å². The average molecular weight is 212 g/mol. The number of aromatic nitrogens is 1. The van der Waals surface area contributed by atoms with Gasteiger partial charge in [-0.3, -0.25) is 4.79 Å². The molecule has 82 valence electrons. The smallest absolute Gasteiger partial charge is 0.321 e. The third-order valence-corrected chi connectivity index (χ3v) is 1.78. The molecule has 1 amide bonds. The quantitative estimate of drug-likeness (QED) is 0.362. The second-order valence-corrected chi connectivity index (χ2v) is 2.91. The van der Waals surface area contributed by atoms with E-state index in [0.29, 0.717) is 19.5 Å². The molecule has 0 spiro atoms. The van der Waals surface area contributed by atoms with Crippen molar-refractivity contribution in [3.8, 4) is 0 Å². The first-order valence-corrected chi connectivity index (χ1v) is 4.47. The highest BCUT2D eigenvalue weighted by Crippen LogP contribution is 2.09. The molecule has 0 saturated heterocycles. The molecule has 7 heteroatoms. The molecule has 1 aromatic heterocycles. The number of amides is 1. The van der Waals surface area contributed by atoms with Crippen LogP contribution in [0.15, 0.2) is 12.1 Å². The van der Waals surface area contributed by atoms with Gasteiger partial charge in [-0.2, -0.15) is 0 Å². The zero-order chi connectivity index (χ0) is 11.3. The van der Waals surface area contributed by atoms with Gasteiger partial charge in [-0.05, 0) is 24.0 Å². The maximum absolute atomic E-state index is 11.3. The monoisotopic (exact) mass is 212 g/mol. The van der Waals surface area contributed by atoms with Gasteiger partial charge in [0.05, 0.1) is 0 Å². The Kier molecular flexibility index (Phi) is 3.81. The predicted molar refractivity (Wildman–Crippen MR) is 53.5 cm³/mol. The molecule has 0 bridgehead atoms. The molecule has 4 N–H and O–H groups in total. The number of rotatable bonds is 5. The molecule has 0 aliphatic carbocycles. The molecule has 0 atom stereocenters. The van der Waals surface area contributed by atoms with Crippen LogP contribution in [0.2, 0.25) is 0 Å². The summed E-state index contributed by atoms with van der Waals surface area (Å²) in [6, 6.07) is 2.62. The van der Waals surface area contributed by atoms with E-state index in [9.17, 15) is 14.9 Å². The van der Waals surface area contributed by atoms with Crippen LogP contribution in [0.25, 0.3) is 0 Å². The van der Waals surface area contributed by atoms with E-state index in [1.165, 1.54) is 12.1 Å². The van der Waals surface area contributed by atoms with Crippen molar-refractivity contribution in [1.82, 2.24) is 10.3 Å². The summed E-state index contributed by atoms with van der Waals surface area (Å²) in [7, 11) is 0. The molecular formula is C8H12N4O3. The molecular weight excluding hydrogens is 200 g/mol. The largest absolute Gasteiger partial charge is 0.358 e. The zero-order valence-electron chi connectivity index (χ0n) is 8.03. The van der Waals surface area contributed by atoms with Gasteiger partial charge in [-0.1, -0.05) is 0 Å². The Morgan fingerprint density at radius 2 is 2.33 bits per heavy atom. The van der Waals surface area contributed by atoms with Crippen LogP contribution in [0.1, 0.15) is 16.9 Å². The Bertz CT molecular complexity index is 361. The molecule has 15 heavy (non-hydrogen) atoms. The van der Waals surface area contributed by atoms with Gasteiger partial charge in [-0.25, -0.2) is 4.98 Å². The third kappa shape index (κ3) is 3.06. The number of nitro groups is 1. The molecule has 0 unspecified atom stereocenters. The summed E-state index contributed by atoms with van der Waals surface area (Å²) < 4.78 is 0. The lowest BCUT2D eigenvalue weighted by Crippen LogP contribution is -2.26. The van der Waals surface area contributed by atoms with Crippen LogP contribution < -0.4 is 11.1 Å². The Morgan fingerprint density at radius 1 is 1.60 bits per heavy atom. The van der Waals surface area contributed by atoms with Crippen LogP contribution in [-0.2, 0) is 0 Å². The van der Waals surface area contributed by atoms with Crippen LogP contribution in [0, 0.1) is 10.1 Å². The van der Waals surface area contributed by atoms with E-state index in [2.05, 4.69) is 10.3 Å². The topological polar surface area (TPSA) is 114 Å². The van der Waals surface area contributed by atoms with Crippen molar-refractivity contribution >= 4 is 11.7 Å². The summed E-state index contributed by atoms with van der Waals surface area (Å²) in [6.45, 7) is 0.952.